The van der Waals surface area contributed by atoms with Crippen LogP contribution in [0.4, 0.5) is 8.78 Å². The first-order chi connectivity index (χ1) is 16.2. The van der Waals surface area contributed by atoms with E-state index in [1.807, 2.05) is 0 Å². The number of hydrogen-bond acceptors (Lipinski definition) is 7. The highest BCUT2D eigenvalue weighted by Crippen LogP contribution is 2.30. The Morgan fingerprint density at radius 2 is 1.86 bits per heavy atom. The largest absolute Gasteiger partial charge is 0.552 e. The van der Waals surface area contributed by atoms with Crippen molar-refractivity contribution in [2.24, 2.45) is 5.92 Å². The number of nitrogens with one attached hydrogen (secondary N) is 2. The molecule has 1 aliphatic heterocycles. The predicted molar refractivity (Wildman–Crippen MR) is 115 cm³/mol. The monoisotopic (exact) mass is 518 g/mol. The average Bonchev–Trinajstić information content (AvgIpc) is 2.72. The molecule has 1 aliphatic rings. The molecule has 1 heterocycles. The van der Waals surface area contributed by atoms with Crippen molar-refractivity contribution in [3.8, 4) is 0 Å². The number of carbonyl (C=O) groups is 5. The van der Waals surface area contributed by atoms with Crippen molar-refractivity contribution in [3.63, 3.8) is 0 Å². The molecule has 0 aromatic heterocycles. The fraction of sp³-hybridized carbons (Fsp3) is 0.450. The molecule has 0 saturated carbocycles. The SMILES string of the molecule is CC(C)C[C@H](NC(=O)CNC(=O)c1cc(F)c(Cl)cc1F)B1OC(=O)CC(CC(=O)O)(C(=O)O)O1. The van der Waals surface area contributed by atoms with Gasteiger partial charge in [-0.3, -0.25) is 19.2 Å². The van der Waals surface area contributed by atoms with Gasteiger partial charge in [-0.05, 0) is 24.5 Å². The average molecular weight is 519 g/mol. The summed E-state index contributed by atoms with van der Waals surface area (Å²) in [4.78, 5) is 59.6. The highest BCUT2D eigenvalue weighted by atomic mass is 35.5. The fourth-order valence-electron chi connectivity index (χ4n) is 3.36. The summed E-state index contributed by atoms with van der Waals surface area (Å²) in [5.41, 5.74) is -3.10. The number of carbonyl (C=O) groups excluding carboxylic acids is 3. The number of carboxylic acid groups (broad SMARTS) is 2. The minimum Gasteiger partial charge on any atom is -0.508 e. The second-order valence-electron chi connectivity index (χ2n) is 8.26. The lowest BCUT2D eigenvalue weighted by atomic mass is 9.70. The Kier molecular flexibility index (Phi) is 9.15. The molecule has 1 aromatic rings. The van der Waals surface area contributed by atoms with Gasteiger partial charge in [-0.1, -0.05) is 25.4 Å². The van der Waals surface area contributed by atoms with E-state index in [2.05, 4.69) is 10.6 Å². The van der Waals surface area contributed by atoms with Crippen LogP contribution in [-0.4, -0.2) is 65.1 Å². The van der Waals surface area contributed by atoms with E-state index in [0.29, 0.717) is 12.1 Å². The molecular weight excluding hydrogens is 496 g/mol. The Morgan fingerprint density at radius 3 is 2.43 bits per heavy atom. The van der Waals surface area contributed by atoms with Gasteiger partial charge in [0.15, 0.2) is 5.60 Å². The molecule has 190 valence electrons. The van der Waals surface area contributed by atoms with E-state index in [0.717, 1.165) is 0 Å². The van der Waals surface area contributed by atoms with Gasteiger partial charge in [-0.15, -0.1) is 0 Å². The molecule has 1 fully saturated rings. The third-order valence-corrected chi connectivity index (χ3v) is 5.20. The number of aliphatic carboxylic acids is 2. The highest BCUT2D eigenvalue weighted by Gasteiger charge is 2.54. The van der Waals surface area contributed by atoms with E-state index < -0.39 is 90.0 Å². The first-order valence-corrected chi connectivity index (χ1v) is 10.7. The molecule has 0 aliphatic carbocycles. The molecule has 1 unspecified atom stereocenters. The smallest absolute Gasteiger partial charge is 0.508 e. The van der Waals surface area contributed by atoms with Gasteiger partial charge in [-0.25, -0.2) is 13.6 Å². The van der Waals surface area contributed by atoms with E-state index >= 15 is 0 Å². The van der Waals surface area contributed by atoms with Crippen LogP contribution in [0.1, 0.15) is 43.5 Å². The van der Waals surface area contributed by atoms with Crippen molar-refractivity contribution in [1.82, 2.24) is 10.6 Å². The molecule has 0 spiro atoms. The zero-order chi connectivity index (χ0) is 26.5. The Morgan fingerprint density at radius 1 is 1.20 bits per heavy atom. The molecule has 0 bridgehead atoms. The minimum atomic E-state index is -2.41. The molecule has 15 heteroatoms. The molecule has 0 radical (unpaired) electrons. The van der Waals surface area contributed by atoms with Gasteiger partial charge < -0.3 is 30.2 Å². The van der Waals surface area contributed by atoms with Crippen LogP contribution < -0.4 is 10.6 Å². The number of hydrogen-bond donors (Lipinski definition) is 4. The summed E-state index contributed by atoms with van der Waals surface area (Å²) in [6.07, 6.45) is -1.78. The second kappa shape index (κ2) is 11.4. The van der Waals surface area contributed by atoms with Gasteiger partial charge in [-0.2, -0.15) is 0 Å². The van der Waals surface area contributed by atoms with E-state index in [1.54, 1.807) is 13.8 Å². The van der Waals surface area contributed by atoms with Crippen molar-refractivity contribution in [3.05, 3.63) is 34.4 Å². The van der Waals surface area contributed by atoms with Crippen LogP contribution in [0.5, 0.6) is 0 Å². The van der Waals surface area contributed by atoms with Gasteiger partial charge >= 0.3 is 19.1 Å². The number of benzene rings is 1. The van der Waals surface area contributed by atoms with Gasteiger partial charge in [0, 0.05) is 0 Å². The van der Waals surface area contributed by atoms with E-state index in [4.69, 9.17) is 26.0 Å². The first-order valence-electron chi connectivity index (χ1n) is 10.3. The van der Waals surface area contributed by atoms with Gasteiger partial charge in [0.2, 0.25) is 5.91 Å². The van der Waals surface area contributed by atoms with Crippen LogP contribution in [0.2, 0.25) is 5.02 Å². The zero-order valence-electron chi connectivity index (χ0n) is 18.6. The quantitative estimate of drug-likeness (QED) is 0.262. The summed E-state index contributed by atoms with van der Waals surface area (Å²) in [6, 6.07) is 1.17. The summed E-state index contributed by atoms with van der Waals surface area (Å²) in [5.74, 6) is -9.65. The van der Waals surface area contributed by atoms with Crippen LogP contribution in [0.3, 0.4) is 0 Å². The Bertz CT molecular complexity index is 1040. The van der Waals surface area contributed by atoms with Gasteiger partial charge in [0.05, 0.1) is 35.9 Å². The highest BCUT2D eigenvalue weighted by molar-refractivity contribution is 6.50. The summed E-state index contributed by atoms with van der Waals surface area (Å²) in [6.45, 7) is 2.77. The topological polar surface area (TPSA) is 168 Å². The predicted octanol–water partition coefficient (Wildman–Crippen LogP) is 1.17. The maximum atomic E-state index is 13.9. The maximum Gasteiger partial charge on any atom is 0.552 e. The molecule has 1 aromatic carbocycles. The third kappa shape index (κ3) is 7.36. The maximum absolute atomic E-state index is 13.9. The van der Waals surface area contributed by atoms with Crippen molar-refractivity contribution < 1.29 is 52.3 Å². The van der Waals surface area contributed by atoms with Gasteiger partial charge in [0.1, 0.15) is 11.6 Å². The molecular formula is C20H22BClF2N2O9. The molecule has 11 nitrogen and oxygen atoms in total. The molecule has 2 rings (SSSR count). The molecule has 2 atom stereocenters. The second-order valence-corrected chi connectivity index (χ2v) is 8.66. The first kappa shape index (κ1) is 28.0. The summed E-state index contributed by atoms with van der Waals surface area (Å²) < 4.78 is 37.9. The number of amides is 2. The number of halogens is 3. The lowest BCUT2D eigenvalue weighted by molar-refractivity contribution is -0.175. The van der Waals surface area contributed by atoms with E-state index in [1.165, 1.54) is 0 Å². The van der Waals surface area contributed by atoms with Crippen molar-refractivity contribution in [1.29, 1.82) is 0 Å². The Labute approximate surface area is 203 Å². The van der Waals surface area contributed by atoms with E-state index in [-0.39, 0.29) is 12.3 Å². The van der Waals surface area contributed by atoms with Crippen LogP contribution in [0, 0.1) is 17.6 Å². The summed E-state index contributed by atoms with van der Waals surface area (Å²) in [5, 5.41) is 22.6. The van der Waals surface area contributed by atoms with Crippen molar-refractivity contribution >= 4 is 48.4 Å². The van der Waals surface area contributed by atoms with Crippen LogP contribution in [0.25, 0.3) is 0 Å². The van der Waals surface area contributed by atoms with Crippen LogP contribution in [0.15, 0.2) is 12.1 Å². The summed E-state index contributed by atoms with van der Waals surface area (Å²) >= 11 is 5.44. The standard InChI is InChI=1S/C20H22BClF2N2O9/c1-9(2)3-14(21-34-17(30)7-20(35-21,19(32)33)6-16(28)29)26-15(27)8-25-18(31)10-4-13(24)11(22)5-12(10)23/h4-5,9,14H,3,6-8H2,1-2H3,(H,25,31)(H,26,27)(H,28,29)(H,32,33)/t14-,20?/m0/s1. The third-order valence-electron chi connectivity index (χ3n) is 4.91. The zero-order valence-corrected chi connectivity index (χ0v) is 19.4. The summed E-state index contributed by atoms with van der Waals surface area (Å²) in [7, 11) is -1.64. The molecule has 4 N–H and O–H groups in total. The van der Waals surface area contributed by atoms with Crippen molar-refractivity contribution in [2.75, 3.05) is 6.54 Å². The number of rotatable bonds is 10. The van der Waals surface area contributed by atoms with Crippen LogP contribution in [-0.2, 0) is 28.5 Å². The van der Waals surface area contributed by atoms with Crippen LogP contribution >= 0.6 is 11.6 Å². The Hall–Kier alpha value is -3.26. The van der Waals surface area contributed by atoms with Crippen molar-refractivity contribution in [2.45, 2.75) is 44.7 Å². The van der Waals surface area contributed by atoms with Gasteiger partial charge in [0.25, 0.3) is 11.9 Å². The molecule has 2 amide bonds. The normalized spacial score (nSPS) is 18.6. The minimum absolute atomic E-state index is 0.109. The van der Waals surface area contributed by atoms with E-state index in [9.17, 15) is 37.9 Å². The molecule has 1 saturated heterocycles. The fourth-order valence-corrected chi connectivity index (χ4v) is 3.51. The Balaban J connectivity index is 2.14. The lowest BCUT2D eigenvalue weighted by Crippen LogP contribution is -2.61. The molecule has 35 heavy (non-hydrogen) atoms. The number of carboxylic acids is 2. The lowest BCUT2D eigenvalue weighted by Gasteiger charge is -2.37.